The summed E-state index contributed by atoms with van der Waals surface area (Å²) < 4.78 is 7.60. The highest BCUT2D eigenvalue weighted by molar-refractivity contribution is 5.99. The van der Waals surface area contributed by atoms with Gasteiger partial charge in [0.05, 0.1) is 11.7 Å². The number of hydrogen-bond acceptors (Lipinski definition) is 4. The summed E-state index contributed by atoms with van der Waals surface area (Å²) in [6.07, 6.45) is 2.78. The number of rotatable bonds is 4. The van der Waals surface area contributed by atoms with E-state index in [9.17, 15) is 14.4 Å². The molecule has 6 nitrogen and oxygen atoms in total. The van der Waals surface area contributed by atoms with Crippen LogP contribution in [-0.4, -0.2) is 34.2 Å². The van der Waals surface area contributed by atoms with Crippen molar-refractivity contribution in [1.82, 2.24) is 9.47 Å². The molecule has 0 spiro atoms. The van der Waals surface area contributed by atoms with Gasteiger partial charge in [-0.15, -0.1) is 0 Å². The molecule has 2 aromatic rings. The van der Waals surface area contributed by atoms with Gasteiger partial charge in [0.1, 0.15) is 6.61 Å². The first kappa shape index (κ1) is 17.5. The van der Waals surface area contributed by atoms with Crippen molar-refractivity contribution >= 4 is 11.7 Å². The lowest BCUT2D eigenvalue weighted by atomic mass is 10.0. The molecule has 0 radical (unpaired) electrons. The maximum absolute atomic E-state index is 13.1. The van der Waals surface area contributed by atoms with Crippen LogP contribution in [0.3, 0.4) is 0 Å². The molecule has 0 aliphatic carbocycles. The minimum Gasteiger partial charge on any atom is -0.483 e. The summed E-state index contributed by atoms with van der Waals surface area (Å²) in [5.41, 5.74) is 1.01. The number of aromatic nitrogens is 1. The van der Waals surface area contributed by atoms with Gasteiger partial charge in [0.2, 0.25) is 5.43 Å². The SMILES string of the molecule is CC(=O)c1cc(=O)c(OCc2ccccc2)c2n1C1CCCCN(C1)C2=O. The van der Waals surface area contributed by atoms with Crippen LogP contribution in [-0.2, 0) is 6.61 Å². The molecular formula is C21H22N2O4. The van der Waals surface area contributed by atoms with Crippen LogP contribution in [0.1, 0.15) is 58.8 Å². The van der Waals surface area contributed by atoms with Gasteiger partial charge in [-0.2, -0.15) is 0 Å². The minimum absolute atomic E-state index is 0.00113. The monoisotopic (exact) mass is 366 g/mol. The fourth-order valence-corrected chi connectivity index (χ4v) is 3.99. The second kappa shape index (κ2) is 7.02. The van der Waals surface area contributed by atoms with Gasteiger partial charge in [-0.3, -0.25) is 14.4 Å². The van der Waals surface area contributed by atoms with E-state index in [1.54, 1.807) is 9.47 Å². The molecule has 1 atom stereocenters. The number of ether oxygens (including phenoxy) is 1. The number of fused-ring (bicyclic) bond motifs is 4. The largest absolute Gasteiger partial charge is 0.483 e. The summed E-state index contributed by atoms with van der Waals surface area (Å²) in [5, 5.41) is 0. The van der Waals surface area contributed by atoms with E-state index < -0.39 is 5.43 Å². The Morgan fingerprint density at radius 2 is 1.96 bits per heavy atom. The van der Waals surface area contributed by atoms with Crippen molar-refractivity contribution in [3.8, 4) is 5.75 Å². The van der Waals surface area contributed by atoms with Crippen molar-refractivity contribution in [3.05, 3.63) is 63.6 Å². The van der Waals surface area contributed by atoms with Crippen LogP contribution in [0.5, 0.6) is 5.75 Å². The number of carbonyl (C=O) groups is 2. The maximum atomic E-state index is 13.1. The molecule has 0 saturated carbocycles. The molecule has 27 heavy (non-hydrogen) atoms. The lowest BCUT2D eigenvalue weighted by Crippen LogP contribution is -2.45. The lowest BCUT2D eigenvalue weighted by molar-refractivity contribution is 0.0672. The first-order chi connectivity index (χ1) is 13.1. The van der Waals surface area contributed by atoms with E-state index in [1.807, 2.05) is 30.3 Å². The Bertz CT molecular complexity index is 949. The molecule has 0 N–H and O–H groups in total. The molecule has 1 unspecified atom stereocenters. The standard InChI is InChI=1S/C21H22N2O4/c1-14(24)17-11-18(25)20(27-13-15-7-3-2-4-8-15)19-21(26)22-10-6-5-9-16(12-22)23(17)19/h2-4,7-8,11,16H,5-6,9-10,12-13H2,1H3. The fourth-order valence-electron chi connectivity index (χ4n) is 3.99. The number of amides is 1. The predicted molar refractivity (Wildman–Crippen MR) is 100 cm³/mol. The Kier molecular flexibility index (Phi) is 4.56. The van der Waals surface area contributed by atoms with Gasteiger partial charge in [0, 0.05) is 26.1 Å². The quantitative estimate of drug-likeness (QED) is 0.781. The normalized spacial score (nSPS) is 18.6. The molecule has 1 aromatic carbocycles. The van der Waals surface area contributed by atoms with Gasteiger partial charge >= 0.3 is 0 Å². The van der Waals surface area contributed by atoms with Crippen LogP contribution in [0.4, 0.5) is 0 Å². The molecule has 2 aliphatic rings. The van der Waals surface area contributed by atoms with Crippen molar-refractivity contribution in [2.24, 2.45) is 0 Å². The summed E-state index contributed by atoms with van der Waals surface area (Å²) in [5.74, 6) is -0.393. The number of ketones is 1. The van der Waals surface area contributed by atoms with E-state index >= 15 is 0 Å². The Morgan fingerprint density at radius 3 is 2.70 bits per heavy atom. The fraction of sp³-hybridized carbons (Fsp3) is 0.381. The third kappa shape index (κ3) is 3.16. The van der Waals surface area contributed by atoms with Gasteiger partial charge in [0.15, 0.2) is 17.2 Å². The molecule has 140 valence electrons. The second-order valence-corrected chi connectivity index (χ2v) is 7.17. The van der Waals surface area contributed by atoms with Gasteiger partial charge in [-0.05, 0) is 24.8 Å². The van der Waals surface area contributed by atoms with E-state index in [0.717, 1.165) is 24.8 Å². The Hall–Kier alpha value is -2.89. The van der Waals surface area contributed by atoms with E-state index in [4.69, 9.17) is 4.74 Å². The highest BCUT2D eigenvalue weighted by Crippen LogP contribution is 2.33. The molecule has 6 heteroatoms. The molecule has 1 aromatic heterocycles. The zero-order valence-corrected chi connectivity index (χ0v) is 15.3. The highest BCUT2D eigenvalue weighted by Gasteiger charge is 2.37. The molecule has 1 fully saturated rings. The number of nitrogens with zero attached hydrogens (tertiary/aromatic N) is 2. The number of carbonyl (C=O) groups excluding carboxylic acids is 2. The van der Waals surface area contributed by atoms with Gasteiger partial charge in [0.25, 0.3) is 5.91 Å². The molecule has 1 amide bonds. The average molecular weight is 366 g/mol. The van der Waals surface area contributed by atoms with Crippen molar-refractivity contribution < 1.29 is 14.3 Å². The third-order valence-electron chi connectivity index (χ3n) is 5.30. The summed E-state index contributed by atoms with van der Waals surface area (Å²) in [6, 6.07) is 10.8. The van der Waals surface area contributed by atoms with Crippen LogP contribution in [0.25, 0.3) is 0 Å². The Balaban J connectivity index is 1.84. The Labute approximate surface area is 157 Å². The number of Topliss-reactive ketones (excluding diaryl/α,β-unsaturated/α-hetero) is 1. The number of benzene rings is 1. The summed E-state index contributed by atoms with van der Waals surface area (Å²) in [6.45, 7) is 2.87. The first-order valence-corrected chi connectivity index (χ1v) is 9.32. The highest BCUT2D eigenvalue weighted by atomic mass is 16.5. The number of pyridine rings is 1. The van der Waals surface area contributed by atoms with Gasteiger partial charge in [-0.1, -0.05) is 30.3 Å². The molecule has 4 rings (SSSR count). The first-order valence-electron chi connectivity index (χ1n) is 9.32. The van der Waals surface area contributed by atoms with Crippen LogP contribution in [0.15, 0.2) is 41.2 Å². The summed E-state index contributed by atoms with van der Waals surface area (Å²) in [7, 11) is 0. The lowest BCUT2D eigenvalue weighted by Gasteiger charge is -2.36. The summed E-state index contributed by atoms with van der Waals surface area (Å²) >= 11 is 0. The van der Waals surface area contributed by atoms with E-state index in [1.165, 1.54) is 13.0 Å². The molecule has 2 aliphatic heterocycles. The van der Waals surface area contributed by atoms with Crippen molar-refractivity contribution in [2.75, 3.05) is 13.1 Å². The van der Waals surface area contributed by atoms with Crippen molar-refractivity contribution in [1.29, 1.82) is 0 Å². The molecule has 2 bridgehead atoms. The minimum atomic E-state index is -0.421. The van der Waals surface area contributed by atoms with Gasteiger partial charge in [-0.25, -0.2) is 0 Å². The van der Waals surface area contributed by atoms with Crippen molar-refractivity contribution in [2.45, 2.75) is 38.8 Å². The molecule has 3 heterocycles. The van der Waals surface area contributed by atoms with Crippen molar-refractivity contribution in [3.63, 3.8) is 0 Å². The zero-order valence-electron chi connectivity index (χ0n) is 15.3. The van der Waals surface area contributed by atoms with Gasteiger partial charge < -0.3 is 14.2 Å². The average Bonchev–Trinajstić information content (AvgIpc) is 2.89. The topological polar surface area (TPSA) is 68.6 Å². The van der Waals surface area contributed by atoms with E-state index in [0.29, 0.717) is 18.8 Å². The Morgan fingerprint density at radius 1 is 1.19 bits per heavy atom. The van der Waals surface area contributed by atoms with Crippen LogP contribution in [0, 0.1) is 0 Å². The van der Waals surface area contributed by atoms with Crippen LogP contribution in [0.2, 0.25) is 0 Å². The second-order valence-electron chi connectivity index (χ2n) is 7.17. The van der Waals surface area contributed by atoms with E-state index in [2.05, 4.69) is 0 Å². The number of hydrogen-bond donors (Lipinski definition) is 0. The smallest absolute Gasteiger partial charge is 0.274 e. The zero-order chi connectivity index (χ0) is 19.0. The summed E-state index contributed by atoms with van der Waals surface area (Å²) in [4.78, 5) is 39.8. The van der Waals surface area contributed by atoms with Crippen LogP contribution < -0.4 is 10.2 Å². The van der Waals surface area contributed by atoms with Crippen LogP contribution >= 0.6 is 0 Å². The van der Waals surface area contributed by atoms with E-state index in [-0.39, 0.29) is 35.8 Å². The predicted octanol–water partition coefficient (Wildman–Crippen LogP) is 2.81. The molecule has 1 saturated heterocycles. The maximum Gasteiger partial charge on any atom is 0.274 e. The molecular weight excluding hydrogens is 344 g/mol. The third-order valence-corrected chi connectivity index (χ3v) is 5.30.